The zero-order valence-corrected chi connectivity index (χ0v) is 13.5. The summed E-state index contributed by atoms with van der Waals surface area (Å²) in [7, 11) is -3.72. The van der Waals surface area contributed by atoms with Crippen LogP contribution in [-0.4, -0.2) is 8.42 Å². The lowest BCUT2D eigenvalue weighted by molar-refractivity contribution is 0.598. The minimum absolute atomic E-state index is 0.0332. The lowest BCUT2D eigenvalue weighted by atomic mass is 10.3. The highest BCUT2D eigenvalue weighted by Gasteiger charge is 2.10. The fourth-order valence-electron chi connectivity index (χ4n) is 1.45. The first kappa shape index (κ1) is 14.8. The number of halogens is 2. The van der Waals surface area contributed by atoms with Crippen LogP contribution in [0.15, 0.2) is 38.3 Å². The maximum Gasteiger partial charge on any atom is 0.238 e. The highest BCUT2D eigenvalue weighted by atomic mass is 79.9. The van der Waals surface area contributed by atoms with Gasteiger partial charge in [-0.3, -0.25) is 0 Å². The van der Waals surface area contributed by atoms with Gasteiger partial charge in [0.05, 0.1) is 19.4 Å². The van der Waals surface area contributed by atoms with Gasteiger partial charge in [-0.1, -0.05) is 11.6 Å². The number of benzene rings is 1. The predicted molar refractivity (Wildman–Crippen MR) is 82.2 cm³/mol. The Hall–Kier alpha value is -0.600. The van der Waals surface area contributed by atoms with Crippen molar-refractivity contribution in [1.82, 2.24) is 0 Å². The Bertz CT molecular complexity index is 700. The highest BCUT2D eigenvalue weighted by Crippen LogP contribution is 2.26. The van der Waals surface area contributed by atoms with Crippen molar-refractivity contribution >= 4 is 54.6 Å². The third kappa shape index (κ3) is 3.93. The molecule has 8 heteroatoms. The standard InChI is InChI=1S/C11H10BrClN2O2S2/c12-11-3-7(6-18-11)5-15-10-4-8(19(14,16)17)1-2-9(10)13/h1-4,6,15H,5H2,(H2,14,16,17). The Labute approximate surface area is 128 Å². The van der Waals surface area contributed by atoms with Crippen LogP contribution in [0.5, 0.6) is 0 Å². The van der Waals surface area contributed by atoms with Gasteiger partial charge in [0.15, 0.2) is 0 Å². The Morgan fingerprint density at radius 3 is 2.68 bits per heavy atom. The van der Waals surface area contributed by atoms with Gasteiger partial charge in [0, 0.05) is 6.54 Å². The smallest absolute Gasteiger partial charge is 0.238 e. The van der Waals surface area contributed by atoms with Crippen LogP contribution in [0.3, 0.4) is 0 Å². The number of nitrogens with one attached hydrogen (secondary N) is 1. The Morgan fingerprint density at radius 2 is 2.11 bits per heavy atom. The number of anilines is 1. The largest absolute Gasteiger partial charge is 0.380 e. The van der Waals surface area contributed by atoms with Crippen LogP contribution < -0.4 is 10.5 Å². The van der Waals surface area contributed by atoms with E-state index in [9.17, 15) is 8.42 Å². The molecule has 0 fully saturated rings. The second-order valence-electron chi connectivity index (χ2n) is 3.80. The summed E-state index contributed by atoms with van der Waals surface area (Å²) in [5, 5.41) is 10.6. The summed E-state index contributed by atoms with van der Waals surface area (Å²) < 4.78 is 23.6. The number of hydrogen-bond donors (Lipinski definition) is 2. The minimum atomic E-state index is -3.72. The van der Waals surface area contributed by atoms with Crippen LogP contribution in [0.1, 0.15) is 5.56 Å². The van der Waals surface area contributed by atoms with Gasteiger partial charge in [-0.05, 0) is 51.1 Å². The fourth-order valence-corrected chi connectivity index (χ4v) is 3.39. The number of nitrogens with two attached hydrogens (primary N) is 1. The molecule has 1 aromatic carbocycles. The predicted octanol–water partition coefficient (Wildman–Crippen LogP) is 3.42. The van der Waals surface area contributed by atoms with Crippen LogP contribution >= 0.6 is 38.9 Å². The molecule has 3 N–H and O–H groups in total. The number of sulfonamides is 1. The van der Waals surface area contributed by atoms with Crippen molar-refractivity contribution in [3.05, 3.63) is 44.0 Å². The molecule has 2 aromatic rings. The summed E-state index contributed by atoms with van der Waals surface area (Å²) in [6.07, 6.45) is 0. The van der Waals surface area contributed by atoms with Gasteiger partial charge in [0.25, 0.3) is 0 Å². The van der Waals surface area contributed by atoms with Crippen molar-refractivity contribution in [3.8, 4) is 0 Å². The van der Waals surface area contributed by atoms with E-state index in [2.05, 4.69) is 21.2 Å². The zero-order valence-electron chi connectivity index (χ0n) is 9.56. The maximum absolute atomic E-state index is 11.3. The molecule has 102 valence electrons. The molecule has 0 atom stereocenters. The molecule has 19 heavy (non-hydrogen) atoms. The summed E-state index contributed by atoms with van der Waals surface area (Å²) >= 11 is 11.0. The maximum atomic E-state index is 11.3. The van der Waals surface area contributed by atoms with Crippen molar-refractivity contribution in [2.45, 2.75) is 11.4 Å². The van der Waals surface area contributed by atoms with E-state index in [0.29, 0.717) is 17.3 Å². The van der Waals surface area contributed by atoms with Crippen LogP contribution in [0.25, 0.3) is 0 Å². The SMILES string of the molecule is NS(=O)(=O)c1ccc(Cl)c(NCc2csc(Br)c2)c1. The molecular formula is C11H10BrClN2O2S2. The van der Waals surface area contributed by atoms with E-state index in [1.165, 1.54) is 18.2 Å². The molecule has 0 saturated heterocycles. The average molecular weight is 382 g/mol. The van der Waals surface area contributed by atoms with E-state index in [0.717, 1.165) is 9.35 Å². The van der Waals surface area contributed by atoms with Crippen LogP contribution in [0, 0.1) is 0 Å². The lowest BCUT2D eigenvalue weighted by Gasteiger charge is -2.09. The van der Waals surface area contributed by atoms with Crippen molar-refractivity contribution < 1.29 is 8.42 Å². The summed E-state index contributed by atoms with van der Waals surface area (Å²) in [5.41, 5.74) is 1.62. The molecule has 2 rings (SSSR count). The molecule has 1 aromatic heterocycles. The van der Waals surface area contributed by atoms with Crippen molar-refractivity contribution in [2.75, 3.05) is 5.32 Å². The first-order valence-electron chi connectivity index (χ1n) is 5.15. The number of rotatable bonds is 4. The molecule has 1 heterocycles. The summed E-state index contributed by atoms with van der Waals surface area (Å²) in [5.74, 6) is 0. The number of hydrogen-bond acceptors (Lipinski definition) is 4. The van der Waals surface area contributed by atoms with Gasteiger partial charge >= 0.3 is 0 Å². The lowest BCUT2D eigenvalue weighted by Crippen LogP contribution is -2.12. The number of thiophene rings is 1. The summed E-state index contributed by atoms with van der Waals surface area (Å²) in [6.45, 7) is 0.551. The highest BCUT2D eigenvalue weighted by molar-refractivity contribution is 9.11. The molecule has 0 aliphatic rings. The van der Waals surface area contributed by atoms with E-state index < -0.39 is 10.0 Å². The molecule has 0 radical (unpaired) electrons. The van der Waals surface area contributed by atoms with Gasteiger partial charge in [-0.2, -0.15) is 0 Å². The second-order valence-corrected chi connectivity index (χ2v) is 8.06. The summed E-state index contributed by atoms with van der Waals surface area (Å²) in [6, 6.07) is 6.30. The minimum Gasteiger partial charge on any atom is -0.380 e. The van der Waals surface area contributed by atoms with Crippen LogP contribution in [0.2, 0.25) is 5.02 Å². The third-order valence-corrected chi connectivity index (χ3v) is 5.16. The first-order valence-corrected chi connectivity index (χ1v) is 8.75. The van der Waals surface area contributed by atoms with Gasteiger partial charge in [0.2, 0.25) is 10.0 Å². The molecule has 0 aliphatic carbocycles. The van der Waals surface area contributed by atoms with E-state index in [-0.39, 0.29) is 4.90 Å². The van der Waals surface area contributed by atoms with Gasteiger partial charge < -0.3 is 5.32 Å². The molecule has 0 aliphatic heterocycles. The van der Waals surface area contributed by atoms with E-state index >= 15 is 0 Å². The quantitative estimate of drug-likeness (QED) is 0.852. The molecule has 0 unspecified atom stereocenters. The second kappa shape index (κ2) is 5.80. The monoisotopic (exact) mass is 380 g/mol. The topological polar surface area (TPSA) is 72.2 Å². The molecule has 0 spiro atoms. The van der Waals surface area contributed by atoms with Crippen molar-refractivity contribution in [1.29, 1.82) is 0 Å². The third-order valence-electron chi connectivity index (χ3n) is 2.37. The Morgan fingerprint density at radius 1 is 1.37 bits per heavy atom. The van der Waals surface area contributed by atoms with E-state index in [4.69, 9.17) is 16.7 Å². The molecule has 0 saturated carbocycles. The molecule has 0 amide bonds. The normalized spacial score (nSPS) is 11.5. The van der Waals surface area contributed by atoms with E-state index in [1.54, 1.807) is 11.3 Å². The molecular weight excluding hydrogens is 372 g/mol. The van der Waals surface area contributed by atoms with Crippen LogP contribution in [0.4, 0.5) is 5.69 Å². The van der Waals surface area contributed by atoms with Gasteiger partial charge in [0.1, 0.15) is 0 Å². The van der Waals surface area contributed by atoms with Crippen molar-refractivity contribution in [2.24, 2.45) is 5.14 Å². The van der Waals surface area contributed by atoms with Crippen LogP contribution in [-0.2, 0) is 16.6 Å². The average Bonchev–Trinajstić information content (AvgIpc) is 2.72. The molecule has 4 nitrogen and oxygen atoms in total. The van der Waals surface area contributed by atoms with Crippen molar-refractivity contribution in [3.63, 3.8) is 0 Å². The first-order chi connectivity index (χ1) is 8.86. The zero-order chi connectivity index (χ0) is 14.0. The van der Waals surface area contributed by atoms with E-state index in [1.807, 2.05) is 11.4 Å². The Balaban J connectivity index is 2.20. The summed E-state index contributed by atoms with van der Waals surface area (Å²) in [4.78, 5) is 0.0332. The van der Waals surface area contributed by atoms with Gasteiger partial charge in [-0.15, -0.1) is 11.3 Å². The van der Waals surface area contributed by atoms with Gasteiger partial charge in [-0.25, -0.2) is 13.6 Å². The Kier molecular flexibility index (Phi) is 4.52. The fraction of sp³-hybridized carbons (Fsp3) is 0.0909. The number of primary sulfonamides is 1. The molecule has 0 bridgehead atoms.